The van der Waals surface area contributed by atoms with Crippen LogP contribution in [-0.2, 0) is 15.0 Å². The minimum Gasteiger partial charge on any atom is -0.423 e. The van der Waals surface area contributed by atoms with Crippen LogP contribution in [0.15, 0.2) is 42.2 Å². The van der Waals surface area contributed by atoms with Gasteiger partial charge in [0, 0.05) is 5.41 Å². The standard InChI is InChI=1S/C19H14Br6O4/c1-19(2,9-3-11(22)17(12(23)4-9)28-15(26)7-20)10-5-13(24)18(14(25)6-10)29-16(27)8-21/h3-6H,7-8H2,1-2H3. The molecule has 29 heavy (non-hydrogen) atoms. The maximum absolute atomic E-state index is 11.6. The van der Waals surface area contributed by atoms with Gasteiger partial charge in [0.25, 0.3) is 0 Å². The van der Waals surface area contributed by atoms with Gasteiger partial charge in [-0.2, -0.15) is 0 Å². The van der Waals surface area contributed by atoms with E-state index >= 15 is 0 Å². The number of halogens is 6. The first kappa shape index (κ1) is 25.5. The zero-order chi connectivity index (χ0) is 21.9. The molecule has 0 saturated carbocycles. The average Bonchev–Trinajstić information content (AvgIpc) is 2.66. The summed E-state index contributed by atoms with van der Waals surface area (Å²) in [6, 6.07) is 7.68. The third-order valence-corrected chi connectivity index (χ3v) is 7.36. The molecule has 0 N–H and O–H groups in total. The molecule has 2 aromatic carbocycles. The highest BCUT2D eigenvalue weighted by Gasteiger charge is 2.28. The maximum Gasteiger partial charge on any atom is 0.322 e. The SMILES string of the molecule is CC(C)(c1cc(Br)c(OC(=O)CBr)c(Br)c1)c1cc(Br)c(OC(=O)CBr)c(Br)c1. The minimum atomic E-state index is -0.411. The fourth-order valence-corrected chi connectivity index (χ4v) is 5.41. The molecule has 0 aliphatic carbocycles. The van der Waals surface area contributed by atoms with Crippen molar-refractivity contribution in [3.63, 3.8) is 0 Å². The number of hydrogen-bond donors (Lipinski definition) is 0. The van der Waals surface area contributed by atoms with E-state index in [9.17, 15) is 9.59 Å². The summed E-state index contributed by atoms with van der Waals surface area (Å²) in [6.07, 6.45) is 0. The van der Waals surface area contributed by atoms with E-state index in [2.05, 4.69) is 109 Å². The topological polar surface area (TPSA) is 52.6 Å². The highest BCUT2D eigenvalue weighted by molar-refractivity contribution is 9.11. The maximum atomic E-state index is 11.6. The molecule has 2 rings (SSSR count). The zero-order valence-electron chi connectivity index (χ0n) is 15.1. The second-order valence-electron chi connectivity index (χ2n) is 6.38. The smallest absolute Gasteiger partial charge is 0.322 e. The largest absolute Gasteiger partial charge is 0.423 e. The Morgan fingerprint density at radius 2 is 1.00 bits per heavy atom. The van der Waals surface area contributed by atoms with Gasteiger partial charge in [0.1, 0.15) is 10.7 Å². The van der Waals surface area contributed by atoms with Crippen LogP contribution < -0.4 is 9.47 Å². The highest BCUT2D eigenvalue weighted by Crippen LogP contribution is 2.44. The van der Waals surface area contributed by atoms with Gasteiger partial charge in [0.15, 0.2) is 11.5 Å². The number of hydrogen-bond acceptors (Lipinski definition) is 4. The number of ether oxygens (including phenoxy) is 2. The second-order valence-corrected chi connectivity index (χ2v) is 10.9. The number of alkyl halides is 2. The molecule has 0 spiro atoms. The lowest BCUT2D eigenvalue weighted by Gasteiger charge is -2.28. The fourth-order valence-electron chi connectivity index (χ4n) is 2.49. The number of carbonyl (C=O) groups excluding carboxylic acids is 2. The summed E-state index contributed by atoms with van der Waals surface area (Å²) >= 11 is 20.2. The Hall–Kier alpha value is 0.260. The van der Waals surface area contributed by atoms with E-state index in [1.54, 1.807) is 0 Å². The van der Waals surface area contributed by atoms with E-state index < -0.39 is 5.41 Å². The van der Waals surface area contributed by atoms with Crippen molar-refractivity contribution in [3.8, 4) is 11.5 Å². The molecule has 10 heteroatoms. The van der Waals surface area contributed by atoms with E-state index in [1.807, 2.05) is 24.3 Å². The van der Waals surface area contributed by atoms with E-state index in [1.165, 1.54) is 0 Å². The first-order chi connectivity index (χ1) is 13.5. The highest BCUT2D eigenvalue weighted by atomic mass is 79.9. The van der Waals surface area contributed by atoms with Crippen LogP contribution >= 0.6 is 95.6 Å². The summed E-state index contributed by atoms with van der Waals surface area (Å²) in [6.45, 7) is 4.15. The Kier molecular flexibility index (Phi) is 9.43. The van der Waals surface area contributed by atoms with Crippen molar-refractivity contribution >= 4 is 108 Å². The van der Waals surface area contributed by atoms with E-state index in [0.717, 1.165) is 11.1 Å². The Morgan fingerprint density at radius 3 is 1.24 bits per heavy atom. The number of benzene rings is 2. The molecule has 0 aliphatic heterocycles. The summed E-state index contributed by atoms with van der Waals surface area (Å²) in [5.41, 5.74) is 1.56. The predicted octanol–water partition coefficient (Wildman–Crippen LogP) is 7.66. The molecule has 0 amide bonds. The van der Waals surface area contributed by atoms with Crippen LogP contribution in [-0.4, -0.2) is 22.6 Å². The molecule has 0 aliphatic rings. The number of rotatable bonds is 6. The number of carbonyl (C=O) groups is 2. The van der Waals surface area contributed by atoms with E-state index in [0.29, 0.717) is 29.4 Å². The molecule has 0 fully saturated rings. The van der Waals surface area contributed by atoms with Crippen molar-refractivity contribution in [1.82, 2.24) is 0 Å². The van der Waals surface area contributed by atoms with Crippen molar-refractivity contribution in [2.75, 3.05) is 10.7 Å². The molecule has 0 saturated heterocycles. The third kappa shape index (κ3) is 6.16. The molecule has 4 nitrogen and oxygen atoms in total. The molecular weight excluding hydrogens is 772 g/mol. The van der Waals surface area contributed by atoms with Crippen LogP contribution in [0.4, 0.5) is 0 Å². The molecule has 0 bridgehead atoms. The molecule has 0 aromatic heterocycles. The molecular formula is C19H14Br6O4. The molecule has 0 unspecified atom stereocenters. The Balaban J connectivity index is 2.47. The van der Waals surface area contributed by atoms with Gasteiger partial charge in [-0.1, -0.05) is 45.7 Å². The van der Waals surface area contributed by atoms with Gasteiger partial charge >= 0.3 is 11.9 Å². The Labute approximate surface area is 219 Å². The minimum absolute atomic E-state index is 0.104. The summed E-state index contributed by atoms with van der Waals surface area (Å²) in [7, 11) is 0. The van der Waals surface area contributed by atoms with E-state index in [-0.39, 0.29) is 22.6 Å². The lowest BCUT2D eigenvalue weighted by Crippen LogP contribution is -2.20. The van der Waals surface area contributed by atoms with Gasteiger partial charge in [-0.15, -0.1) is 0 Å². The lowest BCUT2D eigenvalue weighted by atomic mass is 9.78. The van der Waals surface area contributed by atoms with Crippen LogP contribution in [0.5, 0.6) is 11.5 Å². The summed E-state index contributed by atoms with van der Waals surface area (Å²) in [5, 5.41) is 0.209. The first-order valence-corrected chi connectivity index (χ1v) is 13.4. The summed E-state index contributed by atoms with van der Waals surface area (Å²) < 4.78 is 13.3. The van der Waals surface area contributed by atoms with Crippen molar-refractivity contribution in [1.29, 1.82) is 0 Å². The lowest BCUT2D eigenvalue weighted by molar-refractivity contribution is -0.132. The molecule has 0 radical (unpaired) electrons. The van der Waals surface area contributed by atoms with Crippen LogP contribution in [0.1, 0.15) is 25.0 Å². The van der Waals surface area contributed by atoms with Crippen LogP contribution in [0.25, 0.3) is 0 Å². The van der Waals surface area contributed by atoms with Crippen LogP contribution in [0.3, 0.4) is 0 Å². The number of esters is 2. The van der Waals surface area contributed by atoms with Gasteiger partial charge in [0.05, 0.1) is 17.9 Å². The summed E-state index contributed by atoms with van der Waals surface area (Å²) in [5.74, 6) is 0.0709. The van der Waals surface area contributed by atoms with Crippen molar-refractivity contribution in [2.45, 2.75) is 19.3 Å². The monoisotopic (exact) mass is 780 g/mol. The third-order valence-electron chi connectivity index (χ3n) is 4.09. The Bertz CT molecular complexity index is 836. The van der Waals surface area contributed by atoms with Gasteiger partial charge in [-0.25, -0.2) is 0 Å². The van der Waals surface area contributed by atoms with Gasteiger partial charge in [0.2, 0.25) is 0 Å². The van der Waals surface area contributed by atoms with Crippen LogP contribution in [0, 0.1) is 0 Å². The summed E-state index contributed by atoms with van der Waals surface area (Å²) in [4.78, 5) is 23.3. The van der Waals surface area contributed by atoms with Crippen molar-refractivity contribution in [2.24, 2.45) is 0 Å². The van der Waals surface area contributed by atoms with Gasteiger partial charge < -0.3 is 9.47 Å². The molecule has 156 valence electrons. The molecule has 2 aromatic rings. The average molecular weight is 786 g/mol. The zero-order valence-corrected chi connectivity index (χ0v) is 24.6. The van der Waals surface area contributed by atoms with Gasteiger partial charge in [-0.05, 0) is 99.1 Å². The van der Waals surface area contributed by atoms with E-state index in [4.69, 9.17) is 9.47 Å². The normalized spacial score (nSPS) is 11.3. The fraction of sp³-hybridized carbons (Fsp3) is 0.263. The molecule has 0 atom stereocenters. The van der Waals surface area contributed by atoms with Gasteiger partial charge in [-0.3, -0.25) is 9.59 Å². The van der Waals surface area contributed by atoms with Crippen molar-refractivity contribution in [3.05, 3.63) is 53.3 Å². The Morgan fingerprint density at radius 1 is 0.724 bits per heavy atom. The van der Waals surface area contributed by atoms with Crippen molar-refractivity contribution < 1.29 is 19.1 Å². The quantitative estimate of drug-likeness (QED) is 0.172. The predicted molar refractivity (Wildman–Crippen MR) is 135 cm³/mol. The first-order valence-electron chi connectivity index (χ1n) is 8.03. The second kappa shape index (κ2) is 10.7. The molecule has 0 heterocycles. The van der Waals surface area contributed by atoms with Crippen LogP contribution in [0.2, 0.25) is 0 Å².